The summed E-state index contributed by atoms with van der Waals surface area (Å²) in [5.41, 5.74) is 3.22. The number of carbonyl (C=O) groups is 2. The summed E-state index contributed by atoms with van der Waals surface area (Å²) in [4.78, 5) is 31.7. The fourth-order valence-electron chi connectivity index (χ4n) is 4.25. The molecule has 7 heteroatoms. The van der Waals surface area contributed by atoms with Crippen molar-refractivity contribution < 1.29 is 9.59 Å². The molecule has 0 spiro atoms. The van der Waals surface area contributed by atoms with Crippen LogP contribution in [0, 0.1) is 5.92 Å². The number of amides is 2. The number of halogens is 2. The predicted molar refractivity (Wildman–Crippen MR) is 139 cm³/mol. The van der Waals surface area contributed by atoms with Crippen LogP contribution >= 0.6 is 23.2 Å². The molecule has 0 saturated carbocycles. The Hall–Kier alpha value is -3.41. The molecule has 3 aromatic rings. The molecule has 5 nitrogen and oxygen atoms in total. The van der Waals surface area contributed by atoms with Crippen LogP contribution in [0.15, 0.2) is 95.1 Å². The van der Waals surface area contributed by atoms with Gasteiger partial charge in [-0.25, -0.2) is 0 Å². The van der Waals surface area contributed by atoms with E-state index in [0.29, 0.717) is 44.0 Å². The molecule has 0 bridgehead atoms. The van der Waals surface area contributed by atoms with Gasteiger partial charge in [0.2, 0.25) is 5.91 Å². The molecule has 3 aromatic carbocycles. The summed E-state index contributed by atoms with van der Waals surface area (Å²) < 4.78 is 0. The number of allylic oxidation sites excluding steroid dienone is 1. The molecule has 2 unspecified atom stereocenters. The molecule has 1 aliphatic rings. The number of benzene rings is 3. The van der Waals surface area contributed by atoms with Gasteiger partial charge in [0, 0.05) is 44.3 Å². The third-order valence-corrected chi connectivity index (χ3v) is 6.40. The van der Waals surface area contributed by atoms with Gasteiger partial charge in [0.1, 0.15) is 0 Å². The maximum absolute atomic E-state index is 13.6. The minimum atomic E-state index is -0.794. The van der Waals surface area contributed by atoms with Crippen LogP contribution in [-0.4, -0.2) is 17.5 Å². The van der Waals surface area contributed by atoms with Crippen molar-refractivity contribution in [1.29, 1.82) is 0 Å². The van der Waals surface area contributed by atoms with E-state index in [4.69, 9.17) is 23.2 Å². The Morgan fingerprint density at radius 2 is 1.29 bits per heavy atom. The molecule has 2 N–H and O–H groups in total. The number of nitrogens with zero attached hydrogens (tertiary/aromatic N) is 1. The van der Waals surface area contributed by atoms with Gasteiger partial charge in [-0.3, -0.25) is 14.6 Å². The number of rotatable bonds is 5. The van der Waals surface area contributed by atoms with E-state index in [0.717, 1.165) is 0 Å². The Bertz CT molecular complexity index is 1270. The lowest BCUT2D eigenvalue weighted by molar-refractivity contribution is -0.118. The highest BCUT2D eigenvalue weighted by Gasteiger charge is 2.42. The van der Waals surface area contributed by atoms with E-state index >= 15 is 0 Å². The van der Waals surface area contributed by atoms with Gasteiger partial charge in [0.05, 0.1) is 5.92 Å². The Labute approximate surface area is 208 Å². The SMILES string of the molecule is CC1=NC(C)=C(C(=O)Nc2ccccc2)C(c2c(Cl)cccc2Cl)C1C(=O)Nc1ccccc1. The molecular weight excluding hydrogens is 469 g/mol. The third kappa shape index (κ3) is 4.91. The van der Waals surface area contributed by atoms with E-state index in [1.807, 2.05) is 36.4 Å². The first-order valence-electron chi connectivity index (χ1n) is 10.8. The van der Waals surface area contributed by atoms with Gasteiger partial charge in [-0.2, -0.15) is 0 Å². The summed E-state index contributed by atoms with van der Waals surface area (Å²) in [7, 11) is 0. The topological polar surface area (TPSA) is 70.6 Å². The summed E-state index contributed by atoms with van der Waals surface area (Å²) in [5, 5.41) is 6.62. The standard InChI is InChI=1S/C27H23Cl2N3O2/c1-16-22(26(33)31-18-10-5-3-6-11-18)25(24-20(28)14-9-15-21(24)29)23(17(2)30-16)27(34)32-19-12-7-4-8-13-19/h3-15,22,25H,1-2H3,(H,31,33)(H,32,34). The van der Waals surface area contributed by atoms with Crippen LogP contribution in [0.3, 0.4) is 0 Å². The molecule has 2 amide bonds. The van der Waals surface area contributed by atoms with Gasteiger partial charge in [-0.15, -0.1) is 0 Å². The minimum absolute atomic E-state index is 0.300. The summed E-state index contributed by atoms with van der Waals surface area (Å²) in [6.45, 7) is 3.54. The molecule has 172 valence electrons. The minimum Gasteiger partial charge on any atom is -0.325 e. The zero-order chi connectivity index (χ0) is 24.2. The molecule has 34 heavy (non-hydrogen) atoms. The van der Waals surface area contributed by atoms with Crippen LogP contribution in [0.1, 0.15) is 25.3 Å². The van der Waals surface area contributed by atoms with Gasteiger partial charge < -0.3 is 10.6 Å². The zero-order valence-electron chi connectivity index (χ0n) is 18.7. The lowest BCUT2D eigenvalue weighted by Gasteiger charge is -2.33. The van der Waals surface area contributed by atoms with Crippen molar-refractivity contribution in [2.45, 2.75) is 19.8 Å². The fourth-order valence-corrected chi connectivity index (χ4v) is 4.89. The summed E-state index contributed by atoms with van der Waals surface area (Å²) in [5.74, 6) is -2.19. The molecule has 2 atom stereocenters. The van der Waals surface area contributed by atoms with Gasteiger partial charge in [0.25, 0.3) is 5.91 Å². The second-order valence-electron chi connectivity index (χ2n) is 8.02. The van der Waals surface area contributed by atoms with Crippen molar-refractivity contribution in [3.05, 3.63) is 106 Å². The molecule has 4 rings (SSSR count). The van der Waals surface area contributed by atoms with Crippen molar-refractivity contribution in [2.75, 3.05) is 10.6 Å². The Morgan fingerprint density at radius 1 is 0.765 bits per heavy atom. The van der Waals surface area contributed by atoms with E-state index in [1.54, 1.807) is 56.3 Å². The van der Waals surface area contributed by atoms with Crippen LogP contribution in [0.4, 0.5) is 11.4 Å². The van der Waals surface area contributed by atoms with E-state index in [1.165, 1.54) is 0 Å². The monoisotopic (exact) mass is 491 g/mol. The second-order valence-corrected chi connectivity index (χ2v) is 8.83. The highest BCUT2D eigenvalue weighted by Crippen LogP contribution is 2.45. The normalized spacial score (nSPS) is 17.7. The van der Waals surface area contributed by atoms with Crippen LogP contribution in [0.25, 0.3) is 0 Å². The van der Waals surface area contributed by atoms with Crippen molar-refractivity contribution in [2.24, 2.45) is 10.9 Å². The first-order valence-corrected chi connectivity index (χ1v) is 11.5. The van der Waals surface area contributed by atoms with Crippen molar-refractivity contribution in [1.82, 2.24) is 0 Å². The molecule has 0 aromatic heterocycles. The summed E-state index contributed by atoms with van der Waals surface area (Å²) in [6.07, 6.45) is 0. The lowest BCUT2D eigenvalue weighted by atomic mass is 9.74. The molecule has 1 aliphatic heterocycles. The van der Waals surface area contributed by atoms with Crippen LogP contribution in [-0.2, 0) is 9.59 Å². The van der Waals surface area contributed by atoms with Crippen LogP contribution < -0.4 is 10.6 Å². The van der Waals surface area contributed by atoms with Gasteiger partial charge in [-0.1, -0.05) is 65.7 Å². The summed E-state index contributed by atoms with van der Waals surface area (Å²) in [6, 6.07) is 23.4. The Kier molecular flexibility index (Phi) is 7.15. The molecule has 0 fully saturated rings. The van der Waals surface area contributed by atoms with E-state index in [-0.39, 0.29) is 11.8 Å². The zero-order valence-corrected chi connectivity index (χ0v) is 20.2. The Balaban J connectivity index is 1.82. The van der Waals surface area contributed by atoms with E-state index < -0.39 is 11.8 Å². The highest BCUT2D eigenvalue weighted by atomic mass is 35.5. The van der Waals surface area contributed by atoms with Gasteiger partial charge in [0.15, 0.2) is 0 Å². The van der Waals surface area contributed by atoms with Crippen LogP contribution in [0.5, 0.6) is 0 Å². The van der Waals surface area contributed by atoms with E-state index in [2.05, 4.69) is 15.6 Å². The Morgan fingerprint density at radius 3 is 1.85 bits per heavy atom. The first kappa shape index (κ1) is 23.7. The molecular formula is C27H23Cl2N3O2. The predicted octanol–water partition coefficient (Wildman–Crippen LogP) is 6.72. The number of nitrogens with one attached hydrogen (secondary N) is 2. The average Bonchev–Trinajstić information content (AvgIpc) is 2.80. The molecule has 1 heterocycles. The van der Waals surface area contributed by atoms with E-state index in [9.17, 15) is 9.59 Å². The lowest BCUT2D eigenvalue weighted by Crippen LogP contribution is -2.39. The number of anilines is 2. The van der Waals surface area contributed by atoms with Crippen LogP contribution in [0.2, 0.25) is 10.0 Å². The first-order chi connectivity index (χ1) is 16.4. The maximum Gasteiger partial charge on any atom is 0.254 e. The number of aliphatic imine (C=N–C) groups is 1. The quantitative estimate of drug-likeness (QED) is 0.415. The number of hydrogen-bond donors (Lipinski definition) is 2. The van der Waals surface area contributed by atoms with Gasteiger partial charge in [-0.05, 0) is 55.8 Å². The summed E-state index contributed by atoms with van der Waals surface area (Å²) >= 11 is 13.2. The van der Waals surface area contributed by atoms with Crippen molar-refractivity contribution >= 4 is 52.1 Å². The molecule has 0 aliphatic carbocycles. The molecule has 0 radical (unpaired) electrons. The second kappa shape index (κ2) is 10.2. The average molecular weight is 492 g/mol. The largest absolute Gasteiger partial charge is 0.325 e. The van der Waals surface area contributed by atoms with Crippen molar-refractivity contribution in [3.8, 4) is 0 Å². The number of hydrogen-bond acceptors (Lipinski definition) is 3. The highest BCUT2D eigenvalue weighted by molar-refractivity contribution is 6.36. The smallest absolute Gasteiger partial charge is 0.254 e. The fraction of sp³-hybridized carbons (Fsp3) is 0.148. The number of carbonyl (C=O) groups excluding carboxylic acids is 2. The molecule has 0 saturated heterocycles. The maximum atomic E-state index is 13.6. The van der Waals surface area contributed by atoms with Gasteiger partial charge >= 0.3 is 0 Å². The third-order valence-electron chi connectivity index (χ3n) is 5.74. The number of para-hydroxylation sites is 2. The van der Waals surface area contributed by atoms with Crippen molar-refractivity contribution in [3.63, 3.8) is 0 Å².